The van der Waals surface area contributed by atoms with Crippen molar-refractivity contribution in [2.45, 2.75) is 6.10 Å². The highest BCUT2D eigenvalue weighted by molar-refractivity contribution is 5.86. The molecule has 2 rings (SSSR count). The molecule has 6 nitrogen and oxygen atoms in total. The van der Waals surface area contributed by atoms with E-state index < -0.39 is 12.1 Å². The minimum Gasteiger partial charge on any atom is -0.481 e. The molecule has 2 aromatic rings. The zero-order valence-corrected chi connectivity index (χ0v) is 10.5. The first-order valence-corrected chi connectivity index (χ1v) is 5.52. The third-order valence-corrected chi connectivity index (χ3v) is 2.52. The maximum absolute atomic E-state index is 11.3. The first-order valence-electron chi connectivity index (χ1n) is 5.52. The molecular weight excluding hydrogens is 250 g/mol. The molecule has 1 atom stereocenters. The summed E-state index contributed by atoms with van der Waals surface area (Å²) >= 11 is 0. The first kappa shape index (κ1) is 13.1. The second-order valence-electron chi connectivity index (χ2n) is 3.70. The summed E-state index contributed by atoms with van der Waals surface area (Å²) in [4.78, 5) is 15.3. The van der Waals surface area contributed by atoms with E-state index in [-0.39, 0.29) is 11.5 Å². The van der Waals surface area contributed by atoms with E-state index in [1.54, 1.807) is 18.2 Å². The molecule has 2 aromatic heterocycles. The lowest BCUT2D eigenvalue weighted by Crippen LogP contribution is -2.03. The van der Waals surface area contributed by atoms with Gasteiger partial charge in [-0.05, 0) is 18.2 Å². The molecule has 0 radical (unpaired) electrons. The average Bonchev–Trinajstić information content (AvgIpc) is 2.95. The minimum absolute atomic E-state index is 0.0273. The maximum Gasteiger partial charge on any atom is 0.373 e. The van der Waals surface area contributed by atoms with E-state index >= 15 is 0 Å². The Morgan fingerprint density at radius 3 is 2.79 bits per heavy atom. The van der Waals surface area contributed by atoms with Crippen molar-refractivity contribution in [2.24, 2.45) is 0 Å². The van der Waals surface area contributed by atoms with Crippen LogP contribution in [0.3, 0.4) is 0 Å². The lowest BCUT2D eigenvalue weighted by Gasteiger charge is -2.08. The van der Waals surface area contributed by atoms with E-state index in [1.807, 2.05) is 0 Å². The zero-order valence-electron chi connectivity index (χ0n) is 10.5. The number of hydrogen-bond donors (Lipinski definition) is 1. The van der Waals surface area contributed by atoms with Gasteiger partial charge in [0.15, 0.2) is 6.10 Å². The summed E-state index contributed by atoms with van der Waals surface area (Å²) < 4.78 is 14.7. The van der Waals surface area contributed by atoms with Crippen molar-refractivity contribution in [1.29, 1.82) is 0 Å². The Hall–Kier alpha value is -2.34. The van der Waals surface area contributed by atoms with Gasteiger partial charge in [-0.15, -0.1) is 0 Å². The largest absolute Gasteiger partial charge is 0.481 e. The molecule has 0 spiro atoms. The summed E-state index contributed by atoms with van der Waals surface area (Å²) in [5, 5.41) is 10.1. The van der Waals surface area contributed by atoms with E-state index in [2.05, 4.69) is 9.72 Å². The van der Waals surface area contributed by atoms with Crippen molar-refractivity contribution in [3.05, 3.63) is 47.5 Å². The highest BCUT2D eigenvalue weighted by atomic mass is 16.5. The summed E-state index contributed by atoms with van der Waals surface area (Å²) in [6, 6.07) is 7.93. The van der Waals surface area contributed by atoms with Gasteiger partial charge in [-0.25, -0.2) is 9.78 Å². The monoisotopic (exact) mass is 263 g/mol. The van der Waals surface area contributed by atoms with Crippen LogP contribution < -0.4 is 4.74 Å². The van der Waals surface area contributed by atoms with Gasteiger partial charge in [0, 0.05) is 6.07 Å². The van der Waals surface area contributed by atoms with Gasteiger partial charge in [0.05, 0.1) is 19.9 Å². The molecule has 100 valence electrons. The van der Waals surface area contributed by atoms with E-state index in [1.165, 1.54) is 26.4 Å². The molecule has 1 N–H and O–H groups in total. The van der Waals surface area contributed by atoms with Gasteiger partial charge in [-0.1, -0.05) is 6.07 Å². The lowest BCUT2D eigenvalue weighted by atomic mass is 10.2. The van der Waals surface area contributed by atoms with Crippen LogP contribution in [0, 0.1) is 0 Å². The van der Waals surface area contributed by atoms with Crippen molar-refractivity contribution in [3.63, 3.8) is 0 Å². The molecule has 1 unspecified atom stereocenters. The van der Waals surface area contributed by atoms with Crippen LogP contribution in [0.25, 0.3) is 0 Å². The fourth-order valence-corrected chi connectivity index (χ4v) is 1.55. The van der Waals surface area contributed by atoms with Gasteiger partial charge in [-0.3, -0.25) is 0 Å². The number of nitrogens with zero attached hydrogens (tertiary/aromatic N) is 1. The summed E-state index contributed by atoms with van der Waals surface area (Å²) in [5.74, 6) is 0.0222. The molecule has 2 heterocycles. The van der Waals surface area contributed by atoms with Gasteiger partial charge < -0.3 is 19.0 Å². The van der Waals surface area contributed by atoms with Crippen LogP contribution in [-0.2, 0) is 4.74 Å². The number of rotatable bonds is 4. The fraction of sp³-hybridized carbons (Fsp3) is 0.231. The molecule has 0 saturated carbocycles. The third kappa shape index (κ3) is 2.74. The molecule has 19 heavy (non-hydrogen) atoms. The number of furan rings is 1. The molecular formula is C13H13NO5. The number of aliphatic hydroxyl groups is 1. The molecule has 0 aromatic carbocycles. The number of esters is 1. The minimum atomic E-state index is -1.08. The predicted molar refractivity (Wildman–Crippen MR) is 64.9 cm³/mol. The second-order valence-corrected chi connectivity index (χ2v) is 3.70. The van der Waals surface area contributed by atoms with Crippen molar-refractivity contribution < 1.29 is 23.8 Å². The molecule has 0 aliphatic rings. The Bertz CT molecular complexity index is 578. The fourth-order valence-electron chi connectivity index (χ4n) is 1.55. The standard InChI is InChI=1S/C13H13NO5/c1-17-11-5-3-4-8(14-11)12(15)9-6-7-10(19-9)13(16)18-2/h3-7,12,15H,1-2H3. The lowest BCUT2D eigenvalue weighted by molar-refractivity contribution is 0.0557. The molecule has 6 heteroatoms. The van der Waals surface area contributed by atoms with Crippen molar-refractivity contribution in [1.82, 2.24) is 4.98 Å². The summed E-state index contributed by atoms with van der Waals surface area (Å²) in [7, 11) is 2.74. The van der Waals surface area contributed by atoms with E-state index in [4.69, 9.17) is 9.15 Å². The van der Waals surface area contributed by atoms with Crippen LogP contribution in [-0.4, -0.2) is 30.3 Å². The summed E-state index contributed by atoms with van der Waals surface area (Å²) in [6.45, 7) is 0. The van der Waals surface area contributed by atoms with Gasteiger partial charge in [0.1, 0.15) is 5.76 Å². The number of aromatic nitrogens is 1. The quantitative estimate of drug-likeness (QED) is 0.843. The summed E-state index contributed by atoms with van der Waals surface area (Å²) in [6.07, 6.45) is -1.08. The van der Waals surface area contributed by atoms with Gasteiger partial charge in [0.25, 0.3) is 0 Å². The second kappa shape index (κ2) is 5.53. The van der Waals surface area contributed by atoms with E-state index in [0.717, 1.165) is 0 Å². The maximum atomic E-state index is 11.3. The first-order chi connectivity index (χ1) is 9.15. The Morgan fingerprint density at radius 1 is 1.32 bits per heavy atom. The van der Waals surface area contributed by atoms with Crippen LogP contribution in [0.2, 0.25) is 0 Å². The Morgan fingerprint density at radius 2 is 2.11 bits per heavy atom. The molecule has 0 saturated heterocycles. The Kier molecular flexibility index (Phi) is 3.82. The number of carbonyl (C=O) groups excluding carboxylic acids is 1. The third-order valence-electron chi connectivity index (χ3n) is 2.52. The molecule has 0 aliphatic carbocycles. The van der Waals surface area contributed by atoms with Gasteiger partial charge in [0.2, 0.25) is 11.6 Å². The molecule has 0 aliphatic heterocycles. The van der Waals surface area contributed by atoms with E-state index in [9.17, 15) is 9.90 Å². The predicted octanol–water partition coefficient (Wildman–Crippen LogP) is 1.55. The highest BCUT2D eigenvalue weighted by Crippen LogP contribution is 2.24. The van der Waals surface area contributed by atoms with E-state index in [0.29, 0.717) is 11.6 Å². The molecule has 0 bridgehead atoms. The number of aliphatic hydroxyl groups excluding tert-OH is 1. The smallest absolute Gasteiger partial charge is 0.373 e. The molecule has 0 fully saturated rings. The van der Waals surface area contributed by atoms with Crippen LogP contribution >= 0.6 is 0 Å². The van der Waals surface area contributed by atoms with Gasteiger partial charge >= 0.3 is 5.97 Å². The van der Waals surface area contributed by atoms with Crippen LogP contribution in [0.15, 0.2) is 34.7 Å². The Balaban J connectivity index is 2.25. The van der Waals surface area contributed by atoms with Crippen molar-refractivity contribution in [2.75, 3.05) is 14.2 Å². The number of pyridine rings is 1. The van der Waals surface area contributed by atoms with Gasteiger partial charge in [-0.2, -0.15) is 0 Å². The average molecular weight is 263 g/mol. The Labute approximate surface area is 109 Å². The van der Waals surface area contributed by atoms with Crippen LogP contribution in [0.1, 0.15) is 28.1 Å². The topological polar surface area (TPSA) is 81.8 Å². The number of carbonyl (C=O) groups is 1. The van der Waals surface area contributed by atoms with Crippen LogP contribution in [0.4, 0.5) is 0 Å². The zero-order chi connectivity index (χ0) is 13.8. The highest BCUT2D eigenvalue weighted by Gasteiger charge is 2.19. The van der Waals surface area contributed by atoms with Crippen molar-refractivity contribution in [3.8, 4) is 5.88 Å². The number of ether oxygens (including phenoxy) is 2. The SMILES string of the molecule is COC(=O)c1ccc(C(O)c2cccc(OC)n2)o1. The molecule has 0 amide bonds. The number of methoxy groups -OCH3 is 2. The normalized spacial score (nSPS) is 11.9. The summed E-state index contributed by atoms with van der Waals surface area (Å²) in [5.41, 5.74) is 0.366. The number of hydrogen-bond acceptors (Lipinski definition) is 6. The van der Waals surface area contributed by atoms with Crippen molar-refractivity contribution >= 4 is 5.97 Å². The van der Waals surface area contributed by atoms with Crippen LogP contribution in [0.5, 0.6) is 5.88 Å².